The monoisotopic (exact) mass is 496 g/mol. The quantitative estimate of drug-likeness (QED) is 0.520. The predicted octanol–water partition coefficient (Wildman–Crippen LogP) is 4.13. The van der Waals surface area contributed by atoms with Gasteiger partial charge in [0.1, 0.15) is 0 Å². The molecule has 0 bridgehead atoms. The van der Waals surface area contributed by atoms with Crippen LogP contribution in [0.3, 0.4) is 0 Å². The van der Waals surface area contributed by atoms with Crippen LogP contribution >= 0.6 is 0 Å². The van der Waals surface area contributed by atoms with E-state index in [1.807, 2.05) is 18.2 Å². The lowest BCUT2D eigenvalue weighted by Gasteiger charge is -2.43. The van der Waals surface area contributed by atoms with Gasteiger partial charge in [0.05, 0.1) is 34.9 Å². The Hall–Kier alpha value is -2.93. The number of rotatable bonds is 9. The lowest BCUT2D eigenvalue weighted by atomic mass is 9.94. The molecule has 2 heterocycles. The van der Waals surface area contributed by atoms with Gasteiger partial charge in [-0.15, -0.1) is 0 Å². The number of carbonyl (C=O) groups excluding carboxylic acids is 1. The van der Waals surface area contributed by atoms with E-state index in [1.54, 1.807) is 28.4 Å². The predicted molar refractivity (Wildman–Crippen MR) is 141 cm³/mol. The van der Waals surface area contributed by atoms with Crippen molar-refractivity contribution in [2.45, 2.75) is 57.5 Å². The van der Waals surface area contributed by atoms with Crippen molar-refractivity contribution in [3.8, 4) is 23.0 Å². The number of hydrogen-bond acceptors (Lipinski definition) is 6. The van der Waals surface area contributed by atoms with Crippen molar-refractivity contribution < 1.29 is 23.7 Å². The molecule has 0 aliphatic carbocycles. The molecule has 0 radical (unpaired) electrons. The fraction of sp³-hybridized carbons (Fsp3) is 0.552. The molecule has 2 aromatic carbocycles. The first-order valence-electron chi connectivity index (χ1n) is 13.0. The largest absolute Gasteiger partial charge is 0.493 e. The van der Waals surface area contributed by atoms with E-state index in [1.165, 1.54) is 24.0 Å². The summed E-state index contributed by atoms with van der Waals surface area (Å²) in [4.78, 5) is 18.1. The number of piperidine rings is 1. The average Bonchev–Trinajstić information content (AvgIpc) is 3.07. The molecule has 2 aliphatic rings. The lowest BCUT2D eigenvalue weighted by Crippen LogP contribution is -2.54. The first-order valence-corrected chi connectivity index (χ1v) is 13.0. The third-order valence-electron chi connectivity index (χ3n) is 7.84. The Bertz CT molecular complexity index is 1060. The van der Waals surface area contributed by atoms with Gasteiger partial charge in [-0.25, -0.2) is 0 Å². The van der Waals surface area contributed by atoms with Gasteiger partial charge in [0.15, 0.2) is 23.0 Å². The standard InChI is InChI=1S/C29H40N2O5/c1-20(31-15-12-22-17-27(35-4)28(36-5)18-23(22)19-29(31)32)24-8-6-7-13-30(24)14-11-21-9-10-25(33-2)26(16-21)34-3/h9-10,16-18,20,24H,6-8,11-15,19H2,1-5H3. The van der Waals surface area contributed by atoms with Gasteiger partial charge >= 0.3 is 0 Å². The van der Waals surface area contributed by atoms with Crippen LogP contribution in [0.15, 0.2) is 30.3 Å². The van der Waals surface area contributed by atoms with Crippen LogP contribution in [-0.4, -0.2) is 75.9 Å². The van der Waals surface area contributed by atoms with E-state index < -0.39 is 0 Å². The third-order valence-corrected chi connectivity index (χ3v) is 7.84. The molecule has 1 amide bonds. The van der Waals surface area contributed by atoms with Gasteiger partial charge in [0.25, 0.3) is 0 Å². The smallest absolute Gasteiger partial charge is 0.227 e. The molecular weight excluding hydrogens is 456 g/mol. The molecule has 36 heavy (non-hydrogen) atoms. The number of likely N-dealkylation sites (tertiary alicyclic amines) is 1. The van der Waals surface area contributed by atoms with E-state index >= 15 is 0 Å². The summed E-state index contributed by atoms with van der Waals surface area (Å²) >= 11 is 0. The van der Waals surface area contributed by atoms with Crippen molar-refractivity contribution >= 4 is 5.91 Å². The maximum Gasteiger partial charge on any atom is 0.227 e. The van der Waals surface area contributed by atoms with Gasteiger partial charge in [-0.05, 0) is 80.1 Å². The van der Waals surface area contributed by atoms with Crippen LogP contribution in [0.1, 0.15) is 42.9 Å². The van der Waals surface area contributed by atoms with Crippen LogP contribution in [-0.2, 0) is 24.1 Å². The molecule has 0 aromatic heterocycles. The van der Waals surface area contributed by atoms with Crippen molar-refractivity contribution in [1.82, 2.24) is 9.80 Å². The Morgan fingerprint density at radius 2 is 1.53 bits per heavy atom. The van der Waals surface area contributed by atoms with Gasteiger partial charge in [-0.2, -0.15) is 0 Å². The maximum absolute atomic E-state index is 13.4. The minimum absolute atomic E-state index is 0.154. The number of hydrogen-bond donors (Lipinski definition) is 0. The molecule has 7 nitrogen and oxygen atoms in total. The number of carbonyl (C=O) groups is 1. The highest BCUT2D eigenvalue weighted by Crippen LogP contribution is 2.34. The van der Waals surface area contributed by atoms with E-state index in [2.05, 4.69) is 28.9 Å². The average molecular weight is 497 g/mol. The third kappa shape index (κ3) is 5.56. The van der Waals surface area contributed by atoms with Gasteiger partial charge < -0.3 is 23.8 Å². The van der Waals surface area contributed by atoms with Gasteiger partial charge in [-0.3, -0.25) is 9.69 Å². The number of nitrogens with zero attached hydrogens (tertiary/aromatic N) is 2. The highest BCUT2D eigenvalue weighted by atomic mass is 16.5. The molecule has 4 rings (SSSR count). The second kappa shape index (κ2) is 11.9. The molecule has 2 aromatic rings. The molecule has 0 N–H and O–H groups in total. The molecule has 7 heteroatoms. The first kappa shape index (κ1) is 26.1. The van der Waals surface area contributed by atoms with E-state index in [9.17, 15) is 4.79 Å². The summed E-state index contributed by atoms with van der Waals surface area (Å²) in [5.41, 5.74) is 3.44. The van der Waals surface area contributed by atoms with Crippen LogP contribution < -0.4 is 18.9 Å². The number of fused-ring (bicyclic) bond motifs is 1. The fourth-order valence-electron chi connectivity index (χ4n) is 5.78. The fourth-order valence-corrected chi connectivity index (χ4v) is 5.78. The zero-order valence-electron chi connectivity index (χ0n) is 22.3. The normalized spacial score (nSPS) is 19.3. The zero-order valence-corrected chi connectivity index (χ0v) is 22.3. The molecule has 1 fully saturated rings. The SMILES string of the molecule is COc1ccc(CCN2CCCCC2C(C)N2CCc3cc(OC)c(OC)cc3CC2=O)cc1OC. The topological polar surface area (TPSA) is 60.5 Å². The second-order valence-electron chi connectivity index (χ2n) is 9.77. The Morgan fingerprint density at radius 3 is 2.22 bits per heavy atom. The summed E-state index contributed by atoms with van der Waals surface area (Å²) < 4.78 is 21.9. The van der Waals surface area contributed by atoms with Crippen molar-refractivity contribution in [1.29, 1.82) is 0 Å². The Morgan fingerprint density at radius 1 is 0.861 bits per heavy atom. The molecule has 1 saturated heterocycles. The molecule has 0 saturated carbocycles. The van der Waals surface area contributed by atoms with Crippen molar-refractivity contribution in [3.63, 3.8) is 0 Å². The summed E-state index contributed by atoms with van der Waals surface area (Å²) in [6.07, 6.45) is 5.68. The van der Waals surface area contributed by atoms with Crippen molar-refractivity contribution in [3.05, 3.63) is 47.0 Å². The Balaban J connectivity index is 1.46. The van der Waals surface area contributed by atoms with E-state index in [4.69, 9.17) is 18.9 Å². The van der Waals surface area contributed by atoms with Gasteiger partial charge in [-0.1, -0.05) is 12.5 Å². The summed E-state index contributed by atoms with van der Waals surface area (Å²) in [6.45, 7) is 4.98. The van der Waals surface area contributed by atoms with E-state index in [0.717, 1.165) is 61.7 Å². The maximum atomic E-state index is 13.4. The minimum atomic E-state index is 0.154. The second-order valence-corrected chi connectivity index (χ2v) is 9.77. The first-order chi connectivity index (χ1) is 17.5. The Kier molecular flexibility index (Phi) is 8.62. The zero-order chi connectivity index (χ0) is 25.7. The molecule has 196 valence electrons. The summed E-state index contributed by atoms with van der Waals surface area (Å²) in [7, 11) is 6.62. The lowest BCUT2D eigenvalue weighted by molar-refractivity contribution is -0.134. The van der Waals surface area contributed by atoms with Crippen molar-refractivity contribution in [2.24, 2.45) is 0 Å². The van der Waals surface area contributed by atoms with E-state index in [0.29, 0.717) is 18.2 Å². The van der Waals surface area contributed by atoms with Crippen molar-refractivity contribution in [2.75, 3.05) is 48.1 Å². The highest BCUT2D eigenvalue weighted by Gasteiger charge is 2.34. The van der Waals surface area contributed by atoms with Crippen LogP contribution in [0.2, 0.25) is 0 Å². The highest BCUT2D eigenvalue weighted by molar-refractivity contribution is 5.80. The number of benzene rings is 2. The minimum Gasteiger partial charge on any atom is -0.493 e. The van der Waals surface area contributed by atoms with Gasteiger partial charge in [0, 0.05) is 25.2 Å². The van der Waals surface area contributed by atoms with E-state index in [-0.39, 0.29) is 11.9 Å². The summed E-state index contributed by atoms with van der Waals surface area (Å²) in [5, 5.41) is 0. The summed E-state index contributed by atoms with van der Waals surface area (Å²) in [6, 6.07) is 10.7. The Labute approximate surface area is 215 Å². The molecule has 2 unspecified atom stereocenters. The molecular formula is C29H40N2O5. The number of ether oxygens (including phenoxy) is 4. The summed E-state index contributed by atoms with van der Waals surface area (Å²) in [5.74, 6) is 3.11. The molecule has 0 spiro atoms. The van der Waals surface area contributed by atoms with Gasteiger partial charge in [0.2, 0.25) is 5.91 Å². The van der Waals surface area contributed by atoms with Crippen LogP contribution in [0.25, 0.3) is 0 Å². The number of amides is 1. The molecule has 2 aliphatic heterocycles. The van der Waals surface area contributed by atoms with Crippen LogP contribution in [0, 0.1) is 0 Å². The van der Waals surface area contributed by atoms with Crippen LogP contribution in [0.4, 0.5) is 0 Å². The molecule has 2 atom stereocenters. The number of methoxy groups -OCH3 is 4. The van der Waals surface area contributed by atoms with Crippen LogP contribution in [0.5, 0.6) is 23.0 Å².